The van der Waals surface area contributed by atoms with Crippen LogP contribution >= 0.6 is 0 Å². The summed E-state index contributed by atoms with van der Waals surface area (Å²) in [5.41, 5.74) is 0.0426. The van der Waals surface area contributed by atoms with Crippen LogP contribution in [0.15, 0.2) is 35.5 Å². The minimum Gasteiger partial charge on any atom is -0.478 e. The summed E-state index contributed by atoms with van der Waals surface area (Å²) in [5.74, 6) is -1.68. The number of hydrogen-bond acceptors (Lipinski definition) is 4. The monoisotopic (exact) mass is 306 g/mol. The molecule has 0 heterocycles. The summed E-state index contributed by atoms with van der Waals surface area (Å²) in [6.45, 7) is 6.55. The molecular weight excluding hydrogens is 284 g/mol. The number of hydrogen-bond donors (Lipinski definition) is 1. The zero-order valence-corrected chi connectivity index (χ0v) is 13.4. The van der Waals surface area contributed by atoms with E-state index >= 15 is 0 Å². The first-order valence-corrected chi connectivity index (χ1v) is 7.15. The van der Waals surface area contributed by atoms with E-state index in [1.54, 1.807) is 32.9 Å². The molecule has 1 atom stereocenters. The molecule has 0 saturated carbocycles. The molecule has 22 heavy (non-hydrogen) atoms. The van der Waals surface area contributed by atoms with Crippen molar-refractivity contribution in [1.82, 2.24) is 0 Å². The van der Waals surface area contributed by atoms with E-state index in [0.717, 1.165) is 0 Å². The predicted molar refractivity (Wildman–Crippen MR) is 82.2 cm³/mol. The molecule has 0 unspecified atom stereocenters. The Bertz CT molecular complexity index is 564. The van der Waals surface area contributed by atoms with Gasteiger partial charge in [-0.15, -0.1) is 0 Å². The molecule has 1 aliphatic rings. The van der Waals surface area contributed by atoms with Crippen LogP contribution < -0.4 is 0 Å². The molecule has 0 aliphatic heterocycles. The lowest BCUT2D eigenvalue weighted by atomic mass is 9.84. The van der Waals surface area contributed by atoms with E-state index in [1.807, 2.05) is 0 Å². The van der Waals surface area contributed by atoms with Crippen LogP contribution in [0.25, 0.3) is 0 Å². The first-order valence-electron chi connectivity index (χ1n) is 7.15. The van der Waals surface area contributed by atoms with E-state index in [2.05, 4.69) is 0 Å². The Morgan fingerprint density at radius 1 is 1.36 bits per heavy atom. The van der Waals surface area contributed by atoms with E-state index in [9.17, 15) is 19.5 Å². The highest BCUT2D eigenvalue weighted by Gasteiger charge is 2.30. The number of carboxylic acid groups (broad SMARTS) is 1. The van der Waals surface area contributed by atoms with Gasteiger partial charge in [0, 0.05) is 17.9 Å². The van der Waals surface area contributed by atoms with Crippen molar-refractivity contribution < 1.29 is 24.2 Å². The molecule has 0 aromatic carbocycles. The minimum absolute atomic E-state index is 0.131. The standard InChI is InChI=1S/C17H22O5/c1-11-6-5-7-13(16(20)21)10-15(22-12(2)18)17(3,4)9-8-14(11)19/h6,8-10,15H,5,7H2,1-4H3,(H,20,21)/b9-8-,11-6-,13-10-/t15-/m0/s1. The van der Waals surface area contributed by atoms with Crippen LogP contribution in [0.2, 0.25) is 0 Å². The summed E-state index contributed by atoms with van der Waals surface area (Å²) in [6, 6.07) is 0. The molecule has 0 spiro atoms. The number of rotatable bonds is 2. The van der Waals surface area contributed by atoms with Gasteiger partial charge in [0.15, 0.2) is 5.78 Å². The second-order valence-corrected chi connectivity index (χ2v) is 5.97. The molecule has 0 amide bonds. The van der Waals surface area contributed by atoms with Crippen molar-refractivity contribution in [2.75, 3.05) is 0 Å². The lowest BCUT2D eigenvalue weighted by Crippen LogP contribution is -2.31. The second kappa shape index (κ2) is 7.20. The Balaban J connectivity index is 3.33. The van der Waals surface area contributed by atoms with Crippen LogP contribution in [0.3, 0.4) is 0 Å². The fraction of sp³-hybridized carbons (Fsp3) is 0.471. The SMILES string of the molecule is CC(=O)O[C@H]1/C=C(\C(=O)O)CC/C=C(/C)C(=O)/C=C\C1(C)C. The number of aliphatic carboxylic acids is 1. The molecule has 0 aromatic rings. The van der Waals surface area contributed by atoms with Crippen molar-refractivity contribution in [3.63, 3.8) is 0 Å². The van der Waals surface area contributed by atoms with Crippen LogP contribution in [0, 0.1) is 5.41 Å². The largest absolute Gasteiger partial charge is 0.478 e. The summed E-state index contributed by atoms with van der Waals surface area (Å²) in [4.78, 5) is 34.7. The van der Waals surface area contributed by atoms with Crippen LogP contribution in [0.1, 0.15) is 40.5 Å². The molecule has 1 aliphatic carbocycles. The van der Waals surface area contributed by atoms with Gasteiger partial charge in [0.1, 0.15) is 6.10 Å². The van der Waals surface area contributed by atoms with Gasteiger partial charge in [-0.05, 0) is 37.5 Å². The highest BCUT2D eigenvalue weighted by atomic mass is 16.5. The van der Waals surface area contributed by atoms with E-state index < -0.39 is 23.5 Å². The fourth-order valence-electron chi connectivity index (χ4n) is 2.09. The number of carbonyl (C=O) groups excluding carboxylic acids is 2. The van der Waals surface area contributed by atoms with Gasteiger partial charge in [-0.25, -0.2) is 4.79 Å². The molecule has 0 aromatic heterocycles. The minimum atomic E-state index is -1.05. The van der Waals surface area contributed by atoms with E-state index in [-0.39, 0.29) is 17.8 Å². The van der Waals surface area contributed by atoms with Gasteiger partial charge < -0.3 is 9.84 Å². The van der Waals surface area contributed by atoms with Gasteiger partial charge in [-0.1, -0.05) is 26.0 Å². The summed E-state index contributed by atoms with van der Waals surface area (Å²) in [6.07, 6.45) is 6.25. The average molecular weight is 306 g/mol. The smallest absolute Gasteiger partial charge is 0.331 e. The Labute approximate surface area is 130 Å². The van der Waals surface area contributed by atoms with Crippen molar-refractivity contribution >= 4 is 17.7 Å². The van der Waals surface area contributed by atoms with Crippen molar-refractivity contribution in [3.8, 4) is 0 Å². The third kappa shape index (κ3) is 4.98. The van der Waals surface area contributed by atoms with Gasteiger partial charge in [0.25, 0.3) is 0 Å². The maximum absolute atomic E-state index is 12.0. The maximum Gasteiger partial charge on any atom is 0.331 e. The lowest BCUT2D eigenvalue weighted by molar-refractivity contribution is -0.148. The molecule has 0 fully saturated rings. The Morgan fingerprint density at radius 2 is 2.00 bits per heavy atom. The topological polar surface area (TPSA) is 80.7 Å². The second-order valence-electron chi connectivity index (χ2n) is 5.97. The van der Waals surface area contributed by atoms with Gasteiger partial charge in [-0.3, -0.25) is 9.59 Å². The number of esters is 1. The van der Waals surface area contributed by atoms with Gasteiger partial charge in [-0.2, -0.15) is 0 Å². The van der Waals surface area contributed by atoms with E-state index in [0.29, 0.717) is 12.0 Å². The Hall–Kier alpha value is -2.17. The average Bonchev–Trinajstić information content (AvgIpc) is 2.42. The van der Waals surface area contributed by atoms with Crippen LogP contribution in [0.5, 0.6) is 0 Å². The quantitative estimate of drug-likeness (QED) is 0.793. The third-order valence-corrected chi connectivity index (χ3v) is 3.57. The molecular formula is C17H22O5. The first-order chi connectivity index (χ1) is 10.1. The predicted octanol–water partition coefficient (Wildman–Crippen LogP) is 2.82. The first kappa shape index (κ1) is 17.9. The van der Waals surface area contributed by atoms with Crippen molar-refractivity contribution in [1.29, 1.82) is 0 Å². The number of ketones is 1. The van der Waals surface area contributed by atoms with Crippen molar-refractivity contribution in [2.45, 2.75) is 46.6 Å². The zero-order chi connectivity index (χ0) is 16.9. The highest BCUT2D eigenvalue weighted by Crippen LogP contribution is 2.29. The number of allylic oxidation sites excluding steroid dienone is 3. The highest BCUT2D eigenvalue weighted by molar-refractivity contribution is 6.03. The molecule has 0 radical (unpaired) electrons. The number of carbonyl (C=O) groups is 3. The Morgan fingerprint density at radius 3 is 2.55 bits per heavy atom. The fourth-order valence-corrected chi connectivity index (χ4v) is 2.09. The van der Waals surface area contributed by atoms with Gasteiger partial charge >= 0.3 is 11.9 Å². The van der Waals surface area contributed by atoms with Gasteiger partial charge in [0.2, 0.25) is 0 Å². The third-order valence-electron chi connectivity index (χ3n) is 3.57. The van der Waals surface area contributed by atoms with Gasteiger partial charge in [0.05, 0.1) is 0 Å². The molecule has 5 heteroatoms. The molecule has 5 nitrogen and oxygen atoms in total. The molecule has 0 bridgehead atoms. The van der Waals surface area contributed by atoms with Crippen LogP contribution in [-0.4, -0.2) is 28.9 Å². The summed E-state index contributed by atoms with van der Waals surface area (Å²) < 4.78 is 5.26. The lowest BCUT2D eigenvalue weighted by Gasteiger charge is -2.29. The zero-order valence-electron chi connectivity index (χ0n) is 13.4. The number of ether oxygens (including phenoxy) is 1. The molecule has 1 rings (SSSR count). The summed E-state index contributed by atoms with van der Waals surface area (Å²) in [7, 11) is 0. The maximum atomic E-state index is 12.0. The van der Waals surface area contributed by atoms with Crippen LogP contribution in [-0.2, 0) is 19.1 Å². The normalized spacial score (nSPS) is 28.4. The van der Waals surface area contributed by atoms with E-state index in [4.69, 9.17) is 4.74 Å². The van der Waals surface area contributed by atoms with E-state index in [1.165, 1.54) is 19.1 Å². The molecule has 1 N–H and O–H groups in total. The van der Waals surface area contributed by atoms with Crippen molar-refractivity contribution in [2.24, 2.45) is 5.41 Å². The summed E-state index contributed by atoms with van der Waals surface area (Å²) >= 11 is 0. The Kier molecular flexibility index (Phi) is 5.85. The number of carboxylic acids is 1. The van der Waals surface area contributed by atoms with Crippen LogP contribution in [0.4, 0.5) is 0 Å². The molecule has 120 valence electrons. The summed E-state index contributed by atoms with van der Waals surface area (Å²) in [5, 5.41) is 9.31. The molecule has 0 saturated heterocycles. The van der Waals surface area contributed by atoms with Crippen molar-refractivity contribution in [3.05, 3.63) is 35.5 Å².